The normalized spacial score (nSPS) is 18.5. The highest BCUT2D eigenvalue weighted by atomic mass is 35.5. The van der Waals surface area contributed by atoms with Crippen LogP contribution < -0.4 is 11.1 Å². The maximum Gasteiger partial charge on any atom is 0.221 e. The molecule has 0 radical (unpaired) electrons. The van der Waals surface area contributed by atoms with Crippen LogP contribution in [0.25, 0.3) is 0 Å². The Balaban J connectivity index is 0.00000242. The molecule has 3 N–H and O–H groups in total. The smallest absolute Gasteiger partial charge is 0.221 e. The molecular formula is C17H28ClN3O. The van der Waals surface area contributed by atoms with Crippen LogP contribution in [-0.2, 0) is 17.9 Å². The SMILES string of the molecule is CC1CCCCN1Cc1ccccc1CNC(=O)CCN.Cl. The van der Waals surface area contributed by atoms with Gasteiger partial charge in [0.15, 0.2) is 0 Å². The number of halogens is 1. The number of hydrogen-bond acceptors (Lipinski definition) is 3. The molecule has 1 heterocycles. The fourth-order valence-electron chi connectivity index (χ4n) is 2.91. The van der Waals surface area contributed by atoms with Crippen molar-refractivity contribution in [3.63, 3.8) is 0 Å². The van der Waals surface area contributed by atoms with E-state index in [-0.39, 0.29) is 18.3 Å². The Bertz CT molecular complexity index is 467. The van der Waals surface area contributed by atoms with E-state index in [1.54, 1.807) is 0 Å². The lowest BCUT2D eigenvalue weighted by Crippen LogP contribution is -2.37. The molecule has 5 heteroatoms. The van der Waals surface area contributed by atoms with Gasteiger partial charge >= 0.3 is 0 Å². The van der Waals surface area contributed by atoms with E-state index >= 15 is 0 Å². The average Bonchev–Trinajstić information content (AvgIpc) is 2.49. The maximum absolute atomic E-state index is 11.6. The molecule has 1 unspecified atom stereocenters. The predicted octanol–water partition coefficient (Wildman–Crippen LogP) is 2.45. The number of nitrogens with two attached hydrogens (primary N) is 1. The first-order valence-electron chi connectivity index (χ1n) is 7.98. The second-order valence-electron chi connectivity index (χ2n) is 5.90. The lowest BCUT2D eigenvalue weighted by molar-refractivity contribution is -0.121. The number of piperidine rings is 1. The van der Waals surface area contributed by atoms with Crippen molar-refractivity contribution in [1.82, 2.24) is 10.2 Å². The molecule has 22 heavy (non-hydrogen) atoms. The summed E-state index contributed by atoms with van der Waals surface area (Å²) >= 11 is 0. The number of likely N-dealkylation sites (tertiary alicyclic amines) is 1. The van der Waals surface area contributed by atoms with E-state index in [9.17, 15) is 4.79 Å². The first-order chi connectivity index (χ1) is 10.2. The van der Waals surface area contributed by atoms with Gasteiger partial charge in [0, 0.05) is 32.1 Å². The summed E-state index contributed by atoms with van der Waals surface area (Å²) in [4.78, 5) is 14.1. The zero-order valence-electron chi connectivity index (χ0n) is 13.4. The summed E-state index contributed by atoms with van der Waals surface area (Å²) in [5.74, 6) is 0.0265. The lowest BCUT2D eigenvalue weighted by Gasteiger charge is -2.33. The van der Waals surface area contributed by atoms with Gasteiger partial charge in [-0.15, -0.1) is 12.4 Å². The number of benzene rings is 1. The molecule has 0 bridgehead atoms. The van der Waals surface area contributed by atoms with E-state index in [1.807, 2.05) is 6.07 Å². The molecule has 0 saturated carbocycles. The minimum Gasteiger partial charge on any atom is -0.352 e. The van der Waals surface area contributed by atoms with E-state index in [4.69, 9.17) is 5.73 Å². The van der Waals surface area contributed by atoms with E-state index in [2.05, 4.69) is 35.3 Å². The van der Waals surface area contributed by atoms with Gasteiger partial charge in [-0.3, -0.25) is 9.69 Å². The highest BCUT2D eigenvalue weighted by molar-refractivity contribution is 5.85. The third-order valence-corrected chi connectivity index (χ3v) is 4.28. The van der Waals surface area contributed by atoms with Crippen molar-refractivity contribution < 1.29 is 4.79 Å². The summed E-state index contributed by atoms with van der Waals surface area (Å²) in [6.45, 7) is 5.46. The Morgan fingerprint density at radius 2 is 2.05 bits per heavy atom. The molecule has 1 aromatic rings. The first-order valence-corrected chi connectivity index (χ1v) is 7.98. The number of nitrogens with one attached hydrogen (secondary N) is 1. The van der Waals surface area contributed by atoms with Crippen LogP contribution in [0.3, 0.4) is 0 Å². The average molecular weight is 326 g/mol. The number of carbonyl (C=O) groups is 1. The van der Waals surface area contributed by atoms with Gasteiger partial charge < -0.3 is 11.1 Å². The van der Waals surface area contributed by atoms with Crippen LogP contribution in [0, 0.1) is 0 Å². The van der Waals surface area contributed by atoms with Gasteiger partial charge in [0.1, 0.15) is 0 Å². The molecule has 1 fully saturated rings. The molecule has 0 aromatic heterocycles. The van der Waals surface area contributed by atoms with Crippen molar-refractivity contribution in [1.29, 1.82) is 0 Å². The summed E-state index contributed by atoms with van der Waals surface area (Å²) in [5.41, 5.74) is 7.93. The van der Waals surface area contributed by atoms with E-state index in [0.29, 0.717) is 25.6 Å². The van der Waals surface area contributed by atoms with E-state index < -0.39 is 0 Å². The molecule has 2 rings (SSSR count). The summed E-state index contributed by atoms with van der Waals surface area (Å²) in [5, 5.41) is 2.95. The Morgan fingerprint density at radius 1 is 1.32 bits per heavy atom. The fourth-order valence-corrected chi connectivity index (χ4v) is 2.91. The summed E-state index contributed by atoms with van der Waals surface area (Å²) < 4.78 is 0. The summed E-state index contributed by atoms with van der Waals surface area (Å²) in [6.07, 6.45) is 4.31. The number of amides is 1. The van der Waals surface area contributed by atoms with Crippen molar-refractivity contribution in [2.75, 3.05) is 13.1 Å². The van der Waals surface area contributed by atoms with Crippen molar-refractivity contribution in [2.24, 2.45) is 5.73 Å². The number of rotatable bonds is 6. The topological polar surface area (TPSA) is 58.4 Å². The summed E-state index contributed by atoms with van der Waals surface area (Å²) in [6, 6.07) is 9.04. The van der Waals surface area contributed by atoms with Gasteiger partial charge in [0.05, 0.1) is 0 Å². The Hall–Kier alpha value is -1.10. The van der Waals surface area contributed by atoms with Crippen LogP contribution in [0.4, 0.5) is 0 Å². The van der Waals surface area contributed by atoms with Crippen molar-refractivity contribution in [2.45, 2.75) is 51.7 Å². The van der Waals surface area contributed by atoms with Crippen LogP contribution in [0.1, 0.15) is 43.7 Å². The van der Waals surface area contributed by atoms with Crippen molar-refractivity contribution in [3.8, 4) is 0 Å². The third kappa shape index (κ3) is 5.59. The Morgan fingerprint density at radius 3 is 2.73 bits per heavy atom. The van der Waals surface area contributed by atoms with E-state index in [0.717, 1.165) is 6.54 Å². The highest BCUT2D eigenvalue weighted by Gasteiger charge is 2.19. The highest BCUT2D eigenvalue weighted by Crippen LogP contribution is 2.20. The van der Waals surface area contributed by atoms with Crippen molar-refractivity contribution in [3.05, 3.63) is 35.4 Å². The van der Waals surface area contributed by atoms with Gasteiger partial charge in [-0.25, -0.2) is 0 Å². The molecule has 1 aliphatic heterocycles. The summed E-state index contributed by atoms with van der Waals surface area (Å²) in [7, 11) is 0. The maximum atomic E-state index is 11.6. The van der Waals surface area contributed by atoms with Gasteiger partial charge in [-0.2, -0.15) is 0 Å². The number of nitrogens with zero attached hydrogens (tertiary/aromatic N) is 1. The van der Waals surface area contributed by atoms with E-state index in [1.165, 1.54) is 36.9 Å². The van der Waals surface area contributed by atoms with Crippen LogP contribution >= 0.6 is 12.4 Å². The molecule has 1 aromatic carbocycles. The van der Waals surface area contributed by atoms with Crippen LogP contribution in [0.15, 0.2) is 24.3 Å². The number of hydrogen-bond donors (Lipinski definition) is 2. The molecular weight excluding hydrogens is 298 g/mol. The van der Waals surface area contributed by atoms with Gasteiger partial charge in [0.2, 0.25) is 5.91 Å². The van der Waals surface area contributed by atoms with Gasteiger partial charge in [-0.1, -0.05) is 30.7 Å². The van der Waals surface area contributed by atoms with Crippen molar-refractivity contribution >= 4 is 18.3 Å². The Kier molecular flexibility index (Phi) is 8.46. The predicted molar refractivity (Wildman–Crippen MR) is 92.9 cm³/mol. The van der Waals surface area contributed by atoms with Crippen LogP contribution in [0.2, 0.25) is 0 Å². The number of carbonyl (C=O) groups excluding carboxylic acids is 1. The standard InChI is InChI=1S/C17H27N3O.ClH/c1-14-6-4-5-11-20(14)13-16-8-3-2-7-15(16)12-19-17(21)9-10-18;/h2-3,7-8,14H,4-6,9-13,18H2,1H3,(H,19,21);1H. The largest absolute Gasteiger partial charge is 0.352 e. The molecule has 124 valence electrons. The zero-order chi connectivity index (χ0) is 15.1. The Labute approximate surface area is 139 Å². The zero-order valence-corrected chi connectivity index (χ0v) is 14.2. The van der Waals surface area contributed by atoms with Crippen LogP contribution in [-0.4, -0.2) is 29.9 Å². The first kappa shape index (κ1) is 18.9. The second kappa shape index (κ2) is 9.82. The molecule has 4 nitrogen and oxygen atoms in total. The third-order valence-electron chi connectivity index (χ3n) is 4.28. The molecule has 0 spiro atoms. The molecule has 0 aliphatic carbocycles. The van der Waals surface area contributed by atoms with Crippen LogP contribution in [0.5, 0.6) is 0 Å². The minimum absolute atomic E-state index is 0. The molecule has 1 amide bonds. The van der Waals surface area contributed by atoms with Gasteiger partial charge in [-0.05, 0) is 37.4 Å². The van der Waals surface area contributed by atoms with Gasteiger partial charge in [0.25, 0.3) is 0 Å². The monoisotopic (exact) mass is 325 g/mol. The minimum atomic E-state index is 0. The molecule has 1 aliphatic rings. The molecule has 1 saturated heterocycles. The second-order valence-corrected chi connectivity index (χ2v) is 5.90. The fraction of sp³-hybridized carbons (Fsp3) is 0.588. The molecule has 1 atom stereocenters. The lowest BCUT2D eigenvalue weighted by atomic mass is 10.0. The quantitative estimate of drug-likeness (QED) is 0.844.